The SMILES string of the molecule is CCNC(=NCc1ccnn1C)NCC(c1ccccc1)N(CC)CC. The first-order valence-electron chi connectivity index (χ1n) is 9.47. The monoisotopic (exact) mass is 356 g/mol. The van der Waals surface area contributed by atoms with Crippen LogP contribution in [0, 0.1) is 0 Å². The highest BCUT2D eigenvalue weighted by molar-refractivity contribution is 5.79. The van der Waals surface area contributed by atoms with Gasteiger partial charge in [0.05, 0.1) is 18.3 Å². The molecule has 0 saturated heterocycles. The summed E-state index contributed by atoms with van der Waals surface area (Å²) in [5.41, 5.74) is 2.41. The molecule has 0 bridgehead atoms. The van der Waals surface area contributed by atoms with E-state index in [4.69, 9.17) is 4.99 Å². The van der Waals surface area contributed by atoms with E-state index in [0.29, 0.717) is 12.6 Å². The van der Waals surface area contributed by atoms with E-state index in [0.717, 1.165) is 37.8 Å². The summed E-state index contributed by atoms with van der Waals surface area (Å²) in [6.07, 6.45) is 1.80. The van der Waals surface area contributed by atoms with Crippen LogP contribution in [0.1, 0.15) is 38.1 Å². The van der Waals surface area contributed by atoms with Crippen molar-refractivity contribution < 1.29 is 0 Å². The Labute approximate surface area is 157 Å². The van der Waals surface area contributed by atoms with Crippen LogP contribution in [0.4, 0.5) is 0 Å². The van der Waals surface area contributed by atoms with E-state index in [1.165, 1.54) is 5.56 Å². The first kappa shape index (κ1) is 20.0. The van der Waals surface area contributed by atoms with Gasteiger partial charge in [-0.1, -0.05) is 44.2 Å². The fourth-order valence-corrected chi connectivity index (χ4v) is 3.05. The third-order valence-electron chi connectivity index (χ3n) is 4.57. The molecule has 1 unspecified atom stereocenters. The quantitative estimate of drug-likeness (QED) is 0.536. The Morgan fingerprint density at radius 3 is 2.42 bits per heavy atom. The number of nitrogens with one attached hydrogen (secondary N) is 2. The van der Waals surface area contributed by atoms with E-state index < -0.39 is 0 Å². The lowest BCUT2D eigenvalue weighted by Gasteiger charge is -2.30. The van der Waals surface area contributed by atoms with Gasteiger partial charge in [0.25, 0.3) is 0 Å². The van der Waals surface area contributed by atoms with Gasteiger partial charge < -0.3 is 10.6 Å². The highest BCUT2D eigenvalue weighted by atomic mass is 15.3. The van der Waals surface area contributed by atoms with Crippen molar-refractivity contribution in [2.75, 3.05) is 26.2 Å². The van der Waals surface area contributed by atoms with Crippen LogP contribution in [0.25, 0.3) is 0 Å². The van der Waals surface area contributed by atoms with Crippen molar-refractivity contribution in [2.24, 2.45) is 12.0 Å². The molecule has 1 heterocycles. The molecule has 6 nitrogen and oxygen atoms in total. The maximum atomic E-state index is 4.71. The average Bonchev–Trinajstić information content (AvgIpc) is 3.08. The first-order chi connectivity index (χ1) is 12.7. The molecule has 0 amide bonds. The largest absolute Gasteiger partial charge is 0.357 e. The van der Waals surface area contributed by atoms with Gasteiger partial charge in [-0.2, -0.15) is 5.10 Å². The predicted molar refractivity (Wildman–Crippen MR) is 108 cm³/mol. The number of nitrogens with zero attached hydrogens (tertiary/aromatic N) is 4. The number of aliphatic imine (C=N–C) groups is 1. The molecule has 0 saturated carbocycles. The minimum absolute atomic E-state index is 0.312. The lowest BCUT2D eigenvalue weighted by Crippen LogP contribution is -2.43. The third-order valence-corrected chi connectivity index (χ3v) is 4.57. The van der Waals surface area contributed by atoms with Crippen molar-refractivity contribution in [1.29, 1.82) is 0 Å². The maximum Gasteiger partial charge on any atom is 0.191 e. The topological polar surface area (TPSA) is 57.5 Å². The van der Waals surface area contributed by atoms with E-state index >= 15 is 0 Å². The van der Waals surface area contributed by atoms with Crippen molar-refractivity contribution >= 4 is 5.96 Å². The second-order valence-corrected chi connectivity index (χ2v) is 6.17. The molecule has 1 aromatic heterocycles. The van der Waals surface area contributed by atoms with E-state index in [1.807, 2.05) is 17.8 Å². The van der Waals surface area contributed by atoms with Gasteiger partial charge in [0.1, 0.15) is 0 Å². The van der Waals surface area contributed by atoms with Crippen LogP contribution in [0.15, 0.2) is 47.6 Å². The number of hydrogen-bond donors (Lipinski definition) is 2. The van der Waals surface area contributed by atoms with Gasteiger partial charge in [-0.05, 0) is 31.6 Å². The molecule has 26 heavy (non-hydrogen) atoms. The van der Waals surface area contributed by atoms with Gasteiger partial charge in [0.15, 0.2) is 5.96 Å². The van der Waals surface area contributed by atoms with Crippen molar-refractivity contribution in [3.8, 4) is 0 Å². The molecule has 142 valence electrons. The summed E-state index contributed by atoms with van der Waals surface area (Å²) >= 11 is 0. The molecule has 2 N–H and O–H groups in total. The second-order valence-electron chi connectivity index (χ2n) is 6.17. The Bertz CT molecular complexity index is 660. The van der Waals surface area contributed by atoms with Gasteiger partial charge in [-0.3, -0.25) is 9.58 Å². The average molecular weight is 357 g/mol. The number of hydrogen-bond acceptors (Lipinski definition) is 3. The standard InChI is InChI=1S/C20H32N6/c1-5-21-20(22-15-18-13-14-24-25(18)4)23-16-19(26(6-2)7-3)17-11-9-8-10-12-17/h8-14,19H,5-7,15-16H2,1-4H3,(H2,21,22,23). The molecule has 0 spiro atoms. The summed E-state index contributed by atoms with van der Waals surface area (Å²) in [5.74, 6) is 0.835. The zero-order valence-corrected chi connectivity index (χ0v) is 16.4. The minimum Gasteiger partial charge on any atom is -0.357 e. The van der Waals surface area contributed by atoms with Crippen LogP contribution in [-0.2, 0) is 13.6 Å². The van der Waals surface area contributed by atoms with Gasteiger partial charge in [-0.15, -0.1) is 0 Å². The number of likely N-dealkylation sites (N-methyl/N-ethyl adjacent to an activating group) is 1. The normalized spacial score (nSPS) is 13.0. The van der Waals surface area contributed by atoms with Crippen LogP contribution in [0.2, 0.25) is 0 Å². The van der Waals surface area contributed by atoms with Crippen LogP contribution in [-0.4, -0.2) is 46.8 Å². The van der Waals surface area contributed by atoms with Gasteiger partial charge in [-0.25, -0.2) is 4.99 Å². The van der Waals surface area contributed by atoms with E-state index in [9.17, 15) is 0 Å². The fourth-order valence-electron chi connectivity index (χ4n) is 3.05. The summed E-state index contributed by atoms with van der Waals surface area (Å²) < 4.78 is 1.86. The Kier molecular flexibility index (Phi) is 8.15. The van der Waals surface area contributed by atoms with Crippen LogP contribution in [0.3, 0.4) is 0 Å². The molecule has 1 atom stereocenters. The first-order valence-corrected chi connectivity index (χ1v) is 9.47. The molecule has 0 aliphatic rings. The lowest BCUT2D eigenvalue weighted by atomic mass is 10.1. The molecular weight excluding hydrogens is 324 g/mol. The number of guanidine groups is 1. The predicted octanol–water partition coefficient (Wildman–Crippen LogP) is 2.56. The Hall–Kier alpha value is -2.34. The van der Waals surface area contributed by atoms with Crippen molar-refractivity contribution in [3.05, 3.63) is 53.9 Å². The van der Waals surface area contributed by atoms with Gasteiger partial charge in [0, 0.05) is 26.3 Å². The number of benzene rings is 1. The van der Waals surface area contributed by atoms with Crippen LogP contribution < -0.4 is 10.6 Å². The molecule has 1 aromatic carbocycles. The van der Waals surface area contributed by atoms with Gasteiger partial charge >= 0.3 is 0 Å². The van der Waals surface area contributed by atoms with Crippen molar-refractivity contribution in [3.63, 3.8) is 0 Å². The van der Waals surface area contributed by atoms with Crippen molar-refractivity contribution in [2.45, 2.75) is 33.4 Å². The number of rotatable bonds is 9. The zero-order chi connectivity index (χ0) is 18.8. The molecule has 6 heteroatoms. The minimum atomic E-state index is 0.312. The molecule has 0 radical (unpaired) electrons. The maximum absolute atomic E-state index is 4.71. The van der Waals surface area contributed by atoms with E-state index in [2.05, 4.69) is 71.7 Å². The summed E-state index contributed by atoms with van der Waals surface area (Å²) in [4.78, 5) is 7.17. The third kappa shape index (κ3) is 5.59. The van der Waals surface area contributed by atoms with Crippen molar-refractivity contribution in [1.82, 2.24) is 25.3 Å². The molecule has 0 aliphatic carbocycles. The van der Waals surface area contributed by atoms with Crippen LogP contribution in [0.5, 0.6) is 0 Å². The van der Waals surface area contributed by atoms with Gasteiger partial charge in [0.2, 0.25) is 0 Å². The van der Waals surface area contributed by atoms with E-state index in [-0.39, 0.29) is 0 Å². The summed E-state index contributed by atoms with van der Waals surface area (Å²) in [6.45, 7) is 10.8. The molecule has 0 aliphatic heterocycles. The number of aryl methyl sites for hydroxylation is 1. The second kappa shape index (κ2) is 10.6. The Morgan fingerprint density at radius 2 is 1.85 bits per heavy atom. The molecule has 0 fully saturated rings. The number of aromatic nitrogens is 2. The van der Waals surface area contributed by atoms with Crippen LogP contribution >= 0.6 is 0 Å². The molecule has 2 rings (SSSR count). The molecule has 2 aromatic rings. The van der Waals surface area contributed by atoms with E-state index in [1.54, 1.807) is 6.20 Å². The fraction of sp³-hybridized carbons (Fsp3) is 0.500. The Balaban J connectivity index is 2.09. The summed E-state index contributed by atoms with van der Waals surface area (Å²) in [6, 6.07) is 13.0. The highest BCUT2D eigenvalue weighted by Crippen LogP contribution is 2.19. The Morgan fingerprint density at radius 1 is 1.12 bits per heavy atom. The summed E-state index contributed by atoms with van der Waals surface area (Å²) in [7, 11) is 1.94. The summed E-state index contributed by atoms with van der Waals surface area (Å²) in [5, 5.41) is 11.1. The zero-order valence-electron chi connectivity index (χ0n) is 16.4. The lowest BCUT2D eigenvalue weighted by molar-refractivity contribution is 0.219. The molecular formula is C20H32N6. The highest BCUT2D eigenvalue weighted by Gasteiger charge is 2.18. The smallest absolute Gasteiger partial charge is 0.191 e.